The number of rotatable bonds is 5. The molecule has 4 heteroatoms. The fraction of sp³-hybridized carbons (Fsp3) is 0.538. The molecule has 1 N–H and O–H groups in total. The van der Waals surface area contributed by atoms with Gasteiger partial charge in [0.2, 0.25) is 0 Å². The molecule has 0 aliphatic rings. The maximum absolute atomic E-state index is 9.37. The Morgan fingerprint density at radius 1 is 1.53 bits per heavy atom. The molecule has 0 amide bonds. The first-order valence-electron chi connectivity index (χ1n) is 5.78. The van der Waals surface area contributed by atoms with Gasteiger partial charge in [-0.25, -0.2) is 9.97 Å². The van der Waals surface area contributed by atoms with E-state index in [4.69, 9.17) is 0 Å². The Bertz CT molecular complexity index is 402. The van der Waals surface area contributed by atoms with Crippen molar-refractivity contribution in [2.24, 2.45) is 0 Å². The highest BCUT2D eigenvalue weighted by molar-refractivity contribution is 5.49. The molecule has 1 heterocycles. The van der Waals surface area contributed by atoms with Crippen molar-refractivity contribution in [3.05, 3.63) is 29.9 Å². The first kappa shape index (κ1) is 13.6. The number of aromatic nitrogens is 2. The smallest absolute Gasteiger partial charge is 0.131 e. The van der Waals surface area contributed by atoms with Crippen LogP contribution in [-0.4, -0.2) is 28.7 Å². The normalized spacial score (nSPS) is 10.7. The molecule has 4 nitrogen and oxygen atoms in total. The maximum Gasteiger partial charge on any atom is 0.131 e. The number of aliphatic hydroxyl groups is 1. The van der Waals surface area contributed by atoms with E-state index in [2.05, 4.69) is 16.5 Å². The first-order chi connectivity index (χ1) is 7.95. The Balaban J connectivity index is 3.03. The third-order valence-electron chi connectivity index (χ3n) is 2.45. The minimum Gasteiger partial charge on any atom is -0.390 e. The van der Waals surface area contributed by atoms with Crippen LogP contribution < -0.4 is 4.90 Å². The summed E-state index contributed by atoms with van der Waals surface area (Å²) < 4.78 is 0. The molecule has 0 bridgehead atoms. The van der Waals surface area contributed by atoms with Crippen molar-refractivity contribution in [1.29, 1.82) is 0 Å². The highest BCUT2D eigenvalue weighted by Crippen LogP contribution is 2.19. The molecule has 0 unspecified atom stereocenters. The van der Waals surface area contributed by atoms with E-state index in [1.54, 1.807) is 6.20 Å². The first-order valence-corrected chi connectivity index (χ1v) is 5.78. The van der Waals surface area contributed by atoms with E-state index in [0.717, 1.165) is 23.6 Å². The van der Waals surface area contributed by atoms with Crippen LogP contribution in [0.2, 0.25) is 0 Å². The van der Waals surface area contributed by atoms with Gasteiger partial charge in [0.1, 0.15) is 5.82 Å². The lowest BCUT2D eigenvalue weighted by Gasteiger charge is -2.21. The summed E-state index contributed by atoms with van der Waals surface area (Å²) in [5.41, 5.74) is 2.59. The van der Waals surface area contributed by atoms with E-state index in [0.29, 0.717) is 5.69 Å². The van der Waals surface area contributed by atoms with E-state index >= 15 is 0 Å². The molecule has 0 saturated carbocycles. The Morgan fingerprint density at radius 2 is 2.18 bits per heavy atom. The van der Waals surface area contributed by atoms with E-state index < -0.39 is 0 Å². The van der Waals surface area contributed by atoms with E-state index in [1.807, 2.05) is 32.7 Å². The lowest BCUT2D eigenvalue weighted by Crippen LogP contribution is -2.22. The van der Waals surface area contributed by atoms with Gasteiger partial charge in [-0.3, -0.25) is 0 Å². The minimum absolute atomic E-state index is 0.0713. The molecule has 1 aromatic heterocycles. The third-order valence-corrected chi connectivity index (χ3v) is 2.45. The number of hydrogen-bond acceptors (Lipinski definition) is 4. The van der Waals surface area contributed by atoms with Gasteiger partial charge in [0.15, 0.2) is 0 Å². The fourth-order valence-electron chi connectivity index (χ4n) is 1.63. The van der Waals surface area contributed by atoms with Gasteiger partial charge in [0, 0.05) is 19.5 Å². The molecular weight excluding hydrogens is 214 g/mol. The number of aliphatic hydroxyl groups excluding tert-OH is 1. The summed E-state index contributed by atoms with van der Waals surface area (Å²) in [5, 5.41) is 9.37. The molecule has 0 saturated heterocycles. The zero-order valence-corrected chi connectivity index (χ0v) is 11.1. The monoisotopic (exact) mass is 235 g/mol. The number of nitrogens with zero attached hydrogens (tertiary/aromatic N) is 3. The number of likely N-dealkylation sites (N-methyl/N-ethyl adjacent to an activating group) is 1. The van der Waals surface area contributed by atoms with Gasteiger partial charge >= 0.3 is 0 Å². The molecule has 1 aromatic rings. The van der Waals surface area contributed by atoms with Crippen LogP contribution in [0.5, 0.6) is 0 Å². The summed E-state index contributed by atoms with van der Waals surface area (Å²) >= 11 is 0. The maximum atomic E-state index is 9.37. The number of anilines is 1. The van der Waals surface area contributed by atoms with Crippen LogP contribution in [0.1, 0.15) is 38.2 Å². The largest absolute Gasteiger partial charge is 0.390 e. The lowest BCUT2D eigenvalue weighted by molar-refractivity contribution is 0.276. The van der Waals surface area contributed by atoms with Gasteiger partial charge < -0.3 is 10.0 Å². The van der Waals surface area contributed by atoms with E-state index in [9.17, 15) is 5.11 Å². The summed E-state index contributed by atoms with van der Waals surface area (Å²) in [5.74, 6) is 1.03. The third kappa shape index (κ3) is 3.53. The number of hydrogen-bond donors (Lipinski definition) is 1. The standard InChI is InChI=1S/C13H21N3O/c1-9(2)7-16(5)12-6-14-13(10(3)4)15-11(12)8-17/h6,10,17H,1,7-8H2,2-5H3. The fourth-order valence-corrected chi connectivity index (χ4v) is 1.63. The summed E-state index contributed by atoms with van der Waals surface area (Å²) in [4.78, 5) is 10.7. The highest BCUT2D eigenvalue weighted by Gasteiger charge is 2.12. The predicted octanol–water partition coefficient (Wildman–Crippen LogP) is 2.10. The van der Waals surface area contributed by atoms with Crippen molar-refractivity contribution in [2.75, 3.05) is 18.5 Å². The van der Waals surface area contributed by atoms with Gasteiger partial charge in [-0.15, -0.1) is 0 Å². The molecule has 0 atom stereocenters. The molecule has 0 radical (unpaired) electrons. The van der Waals surface area contributed by atoms with Crippen LogP contribution in [0.4, 0.5) is 5.69 Å². The lowest BCUT2D eigenvalue weighted by atomic mass is 10.2. The Labute approximate surface area is 103 Å². The van der Waals surface area contributed by atoms with Crippen molar-refractivity contribution in [3.8, 4) is 0 Å². The van der Waals surface area contributed by atoms with Crippen molar-refractivity contribution in [3.63, 3.8) is 0 Å². The van der Waals surface area contributed by atoms with Gasteiger partial charge in [-0.2, -0.15) is 0 Å². The van der Waals surface area contributed by atoms with Crippen molar-refractivity contribution in [1.82, 2.24) is 9.97 Å². The highest BCUT2D eigenvalue weighted by atomic mass is 16.3. The van der Waals surface area contributed by atoms with Crippen LogP contribution in [-0.2, 0) is 6.61 Å². The predicted molar refractivity (Wildman–Crippen MR) is 70.1 cm³/mol. The van der Waals surface area contributed by atoms with Gasteiger partial charge in [-0.05, 0) is 6.92 Å². The van der Waals surface area contributed by atoms with Gasteiger partial charge in [-0.1, -0.05) is 26.0 Å². The van der Waals surface area contributed by atoms with Crippen molar-refractivity contribution >= 4 is 5.69 Å². The second kappa shape index (κ2) is 5.77. The summed E-state index contributed by atoms with van der Waals surface area (Å²) in [7, 11) is 1.95. The summed E-state index contributed by atoms with van der Waals surface area (Å²) in [6.07, 6.45) is 1.77. The molecule has 1 rings (SSSR count). The van der Waals surface area contributed by atoms with Crippen LogP contribution in [0.25, 0.3) is 0 Å². The molecule has 17 heavy (non-hydrogen) atoms. The summed E-state index contributed by atoms with van der Waals surface area (Å²) in [6, 6.07) is 0. The summed E-state index contributed by atoms with van der Waals surface area (Å²) in [6.45, 7) is 10.6. The second-order valence-electron chi connectivity index (χ2n) is 4.69. The Hall–Kier alpha value is -1.42. The van der Waals surface area contributed by atoms with Crippen molar-refractivity contribution < 1.29 is 5.11 Å². The Kier molecular flexibility index (Phi) is 4.63. The molecule has 0 fully saturated rings. The van der Waals surface area contributed by atoms with Gasteiger partial charge in [0.25, 0.3) is 0 Å². The van der Waals surface area contributed by atoms with Crippen LogP contribution >= 0.6 is 0 Å². The van der Waals surface area contributed by atoms with Crippen LogP contribution in [0.15, 0.2) is 18.3 Å². The van der Waals surface area contributed by atoms with E-state index in [1.165, 1.54) is 0 Å². The van der Waals surface area contributed by atoms with Crippen molar-refractivity contribution in [2.45, 2.75) is 33.3 Å². The zero-order valence-electron chi connectivity index (χ0n) is 11.1. The average molecular weight is 235 g/mol. The molecule has 0 spiro atoms. The molecule has 94 valence electrons. The molecule has 0 aromatic carbocycles. The van der Waals surface area contributed by atoms with Crippen LogP contribution in [0.3, 0.4) is 0 Å². The Morgan fingerprint density at radius 3 is 2.65 bits per heavy atom. The van der Waals surface area contributed by atoms with E-state index in [-0.39, 0.29) is 12.5 Å². The van der Waals surface area contributed by atoms with Gasteiger partial charge in [0.05, 0.1) is 24.2 Å². The quantitative estimate of drug-likeness (QED) is 0.794. The second-order valence-corrected chi connectivity index (χ2v) is 4.69. The topological polar surface area (TPSA) is 49.2 Å². The molecule has 0 aliphatic carbocycles. The molecular formula is C13H21N3O. The zero-order chi connectivity index (χ0) is 13.0. The van der Waals surface area contributed by atoms with Crippen LogP contribution in [0, 0.1) is 0 Å². The average Bonchev–Trinajstić information content (AvgIpc) is 2.27. The minimum atomic E-state index is -0.0713. The molecule has 0 aliphatic heterocycles. The SMILES string of the molecule is C=C(C)CN(C)c1cnc(C(C)C)nc1CO.